The molecule has 0 heterocycles. The zero-order chi connectivity index (χ0) is 12.7. The maximum atomic E-state index is 11.6. The zero-order valence-corrected chi connectivity index (χ0v) is 10.4. The Hall–Kier alpha value is -1.39. The van der Waals surface area contributed by atoms with Gasteiger partial charge in [-0.05, 0) is 32.4 Å². The Labute approximate surface area is 102 Å². The highest BCUT2D eigenvalue weighted by molar-refractivity contribution is 5.92. The van der Waals surface area contributed by atoms with Crippen molar-refractivity contribution in [2.45, 2.75) is 25.8 Å². The predicted octanol–water partition coefficient (Wildman–Crippen LogP) is 1.38. The third-order valence-electron chi connectivity index (χ3n) is 2.52. The third kappa shape index (κ3) is 5.47. The van der Waals surface area contributed by atoms with Gasteiger partial charge in [-0.2, -0.15) is 0 Å². The molecule has 1 amide bonds. The lowest BCUT2D eigenvalue weighted by molar-refractivity contribution is -0.115. The fraction of sp³-hybridized carbons (Fsp3) is 0.462. The van der Waals surface area contributed by atoms with Crippen LogP contribution in [-0.2, 0) is 4.79 Å². The van der Waals surface area contributed by atoms with Gasteiger partial charge in [0.1, 0.15) is 0 Å². The van der Waals surface area contributed by atoms with Crippen LogP contribution in [0.1, 0.15) is 20.3 Å². The van der Waals surface area contributed by atoms with E-state index in [9.17, 15) is 4.79 Å². The smallest absolute Gasteiger partial charge is 0.238 e. The van der Waals surface area contributed by atoms with Crippen LogP contribution in [0.5, 0.6) is 0 Å². The van der Waals surface area contributed by atoms with Crippen molar-refractivity contribution < 1.29 is 9.90 Å². The van der Waals surface area contributed by atoms with Gasteiger partial charge in [0.15, 0.2) is 0 Å². The average molecular weight is 236 g/mol. The van der Waals surface area contributed by atoms with Crippen LogP contribution in [0.15, 0.2) is 30.3 Å². The monoisotopic (exact) mass is 236 g/mol. The van der Waals surface area contributed by atoms with Crippen LogP contribution in [-0.4, -0.2) is 29.7 Å². The lowest BCUT2D eigenvalue weighted by atomic mass is 10.0. The summed E-state index contributed by atoms with van der Waals surface area (Å²) in [5.41, 5.74) is 0.558. The van der Waals surface area contributed by atoms with Gasteiger partial charge < -0.3 is 15.7 Å². The summed E-state index contributed by atoms with van der Waals surface area (Å²) in [6, 6.07) is 9.34. The van der Waals surface area contributed by atoms with E-state index in [2.05, 4.69) is 10.6 Å². The van der Waals surface area contributed by atoms with E-state index in [4.69, 9.17) is 5.11 Å². The van der Waals surface area contributed by atoms with Gasteiger partial charge in [-0.1, -0.05) is 18.2 Å². The zero-order valence-electron chi connectivity index (χ0n) is 10.4. The van der Waals surface area contributed by atoms with Crippen molar-refractivity contribution in [3.8, 4) is 0 Å². The van der Waals surface area contributed by atoms with Gasteiger partial charge in [-0.3, -0.25) is 4.79 Å². The van der Waals surface area contributed by atoms with Gasteiger partial charge in [0, 0.05) is 17.8 Å². The van der Waals surface area contributed by atoms with E-state index in [-0.39, 0.29) is 24.6 Å². The fourth-order valence-corrected chi connectivity index (χ4v) is 1.41. The maximum absolute atomic E-state index is 11.6. The van der Waals surface area contributed by atoms with Crippen LogP contribution in [0.2, 0.25) is 0 Å². The summed E-state index contributed by atoms with van der Waals surface area (Å²) >= 11 is 0. The minimum Gasteiger partial charge on any atom is -0.396 e. The largest absolute Gasteiger partial charge is 0.396 e. The van der Waals surface area contributed by atoms with Gasteiger partial charge in [0.25, 0.3) is 0 Å². The van der Waals surface area contributed by atoms with E-state index in [1.807, 2.05) is 44.2 Å². The highest BCUT2D eigenvalue weighted by Gasteiger charge is 2.17. The van der Waals surface area contributed by atoms with Crippen LogP contribution < -0.4 is 10.6 Å². The summed E-state index contributed by atoms with van der Waals surface area (Å²) in [5.74, 6) is -0.0813. The van der Waals surface area contributed by atoms with Gasteiger partial charge in [-0.15, -0.1) is 0 Å². The summed E-state index contributed by atoms with van der Waals surface area (Å²) < 4.78 is 0. The van der Waals surface area contributed by atoms with Crippen LogP contribution in [0.25, 0.3) is 0 Å². The summed E-state index contributed by atoms with van der Waals surface area (Å²) in [6.07, 6.45) is 0.617. The van der Waals surface area contributed by atoms with Crippen LogP contribution in [0.4, 0.5) is 5.69 Å². The number of carbonyl (C=O) groups excluding carboxylic acids is 1. The van der Waals surface area contributed by atoms with Crippen molar-refractivity contribution in [3.05, 3.63) is 30.3 Å². The van der Waals surface area contributed by atoms with E-state index in [0.717, 1.165) is 5.69 Å². The Balaban J connectivity index is 2.36. The molecule has 0 atom stereocenters. The quantitative estimate of drug-likeness (QED) is 0.699. The van der Waals surface area contributed by atoms with Gasteiger partial charge in [0.2, 0.25) is 5.91 Å². The topological polar surface area (TPSA) is 61.4 Å². The Morgan fingerprint density at radius 1 is 1.29 bits per heavy atom. The highest BCUT2D eigenvalue weighted by Crippen LogP contribution is 2.07. The molecule has 1 rings (SSSR count). The van der Waals surface area contributed by atoms with Crippen LogP contribution >= 0.6 is 0 Å². The molecule has 1 aromatic carbocycles. The molecule has 0 aromatic heterocycles. The minimum atomic E-state index is -0.233. The second kappa shape index (κ2) is 6.37. The van der Waals surface area contributed by atoms with E-state index in [0.29, 0.717) is 6.42 Å². The molecular formula is C13H20N2O2. The second-order valence-electron chi connectivity index (χ2n) is 4.63. The van der Waals surface area contributed by atoms with Crippen molar-refractivity contribution in [1.82, 2.24) is 5.32 Å². The molecule has 0 aliphatic heterocycles. The molecule has 0 saturated carbocycles. The molecule has 3 N–H and O–H groups in total. The molecule has 0 bridgehead atoms. The average Bonchev–Trinajstić information content (AvgIpc) is 2.28. The SMILES string of the molecule is CC(C)(CCO)NCC(=O)Nc1ccccc1. The number of nitrogens with one attached hydrogen (secondary N) is 2. The van der Waals surface area contributed by atoms with Crippen LogP contribution in [0, 0.1) is 0 Å². The van der Waals surface area contributed by atoms with Gasteiger partial charge >= 0.3 is 0 Å². The molecule has 94 valence electrons. The number of aliphatic hydroxyl groups is 1. The number of para-hydroxylation sites is 1. The summed E-state index contributed by atoms with van der Waals surface area (Å²) in [5, 5.41) is 14.8. The summed E-state index contributed by atoms with van der Waals surface area (Å²) in [7, 11) is 0. The highest BCUT2D eigenvalue weighted by atomic mass is 16.3. The van der Waals surface area contributed by atoms with Crippen molar-refractivity contribution in [2.24, 2.45) is 0 Å². The first-order valence-corrected chi connectivity index (χ1v) is 5.74. The Morgan fingerprint density at radius 2 is 1.94 bits per heavy atom. The molecule has 0 aliphatic rings. The summed E-state index contributed by atoms with van der Waals surface area (Å²) in [4.78, 5) is 11.6. The summed E-state index contributed by atoms with van der Waals surface area (Å²) in [6.45, 7) is 4.26. The third-order valence-corrected chi connectivity index (χ3v) is 2.52. The number of aliphatic hydroxyl groups excluding tert-OH is 1. The second-order valence-corrected chi connectivity index (χ2v) is 4.63. The molecule has 0 spiro atoms. The van der Waals surface area contributed by atoms with Crippen molar-refractivity contribution in [2.75, 3.05) is 18.5 Å². The van der Waals surface area contributed by atoms with Crippen molar-refractivity contribution in [3.63, 3.8) is 0 Å². The normalized spacial score (nSPS) is 11.2. The molecule has 0 aliphatic carbocycles. The standard InChI is InChI=1S/C13H20N2O2/c1-13(2,8-9-16)14-10-12(17)15-11-6-4-3-5-7-11/h3-7,14,16H,8-10H2,1-2H3,(H,15,17). The number of hydrogen-bond acceptors (Lipinski definition) is 3. The maximum Gasteiger partial charge on any atom is 0.238 e. The van der Waals surface area contributed by atoms with E-state index < -0.39 is 0 Å². The number of carbonyl (C=O) groups is 1. The molecule has 0 unspecified atom stereocenters. The number of benzene rings is 1. The van der Waals surface area contributed by atoms with E-state index >= 15 is 0 Å². The van der Waals surface area contributed by atoms with Crippen molar-refractivity contribution in [1.29, 1.82) is 0 Å². The molecule has 0 saturated heterocycles. The molecule has 4 nitrogen and oxygen atoms in total. The Kier molecular flexibility index (Phi) is 5.12. The molecule has 0 fully saturated rings. The number of anilines is 1. The minimum absolute atomic E-state index is 0.0813. The number of hydrogen-bond donors (Lipinski definition) is 3. The first kappa shape index (κ1) is 13.7. The van der Waals surface area contributed by atoms with Gasteiger partial charge in [0.05, 0.1) is 6.54 Å². The molecule has 1 aromatic rings. The van der Waals surface area contributed by atoms with Gasteiger partial charge in [-0.25, -0.2) is 0 Å². The molecular weight excluding hydrogens is 216 g/mol. The van der Waals surface area contributed by atoms with E-state index in [1.165, 1.54) is 0 Å². The number of amides is 1. The first-order valence-electron chi connectivity index (χ1n) is 5.74. The number of rotatable bonds is 6. The Morgan fingerprint density at radius 3 is 2.53 bits per heavy atom. The lowest BCUT2D eigenvalue weighted by Gasteiger charge is -2.25. The Bertz CT molecular complexity index is 350. The molecule has 0 radical (unpaired) electrons. The van der Waals surface area contributed by atoms with E-state index in [1.54, 1.807) is 0 Å². The molecule has 17 heavy (non-hydrogen) atoms. The lowest BCUT2D eigenvalue weighted by Crippen LogP contribution is -2.44. The van der Waals surface area contributed by atoms with Crippen LogP contribution in [0.3, 0.4) is 0 Å². The molecule has 4 heteroatoms. The predicted molar refractivity (Wildman–Crippen MR) is 68.9 cm³/mol. The fourth-order valence-electron chi connectivity index (χ4n) is 1.41. The first-order chi connectivity index (χ1) is 8.03. The van der Waals surface area contributed by atoms with Crippen molar-refractivity contribution >= 4 is 11.6 Å².